The minimum absolute atomic E-state index is 0.220. The predicted octanol–water partition coefficient (Wildman–Crippen LogP) is 2.93. The van der Waals surface area contributed by atoms with Gasteiger partial charge in [0.25, 0.3) is 0 Å². The molecule has 1 aromatic rings. The monoisotopic (exact) mass is 205 g/mol. The number of nitrogens with zero attached hydrogens (tertiary/aromatic N) is 1. The summed E-state index contributed by atoms with van der Waals surface area (Å²) in [5, 5.41) is 0. The third-order valence-corrected chi connectivity index (χ3v) is 2.58. The molecule has 0 spiro atoms. The molecule has 1 aliphatic heterocycles. The lowest BCUT2D eigenvalue weighted by Crippen LogP contribution is -2.31. The van der Waals surface area contributed by atoms with Crippen LogP contribution in [0.4, 0.5) is 5.69 Å². The fourth-order valence-electron chi connectivity index (χ4n) is 1.74. The molecule has 0 radical (unpaired) electrons. The van der Waals surface area contributed by atoms with Crippen molar-refractivity contribution in [2.24, 2.45) is 0 Å². The number of rotatable bonds is 0. The Labute approximate surface area is 91.9 Å². The van der Waals surface area contributed by atoms with Gasteiger partial charge in [-0.2, -0.15) is 0 Å². The Balaban J connectivity index is 0.000000531. The molecule has 82 valence electrons. The third kappa shape index (κ3) is 2.38. The van der Waals surface area contributed by atoms with Crippen molar-refractivity contribution < 1.29 is 4.79 Å². The van der Waals surface area contributed by atoms with E-state index in [1.54, 1.807) is 4.90 Å². The normalized spacial score (nSPS) is 14.1. The van der Waals surface area contributed by atoms with Gasteiger partial charge in [-0.1, -0.05) is 26.0 Å². The van der Waals surface area contributed by atoms with Crippen molar-refractivity contribution in [1.82, 2.24) is 0 Å². The lowest BCUT2D eigenvalue weighted by molar-refractivity contribution is -0.118. The Morgan fingerprint density at radius 3 is 2.53 bits per heavy atom. The van der Waals surface area contributed by atoms with Crippen LogP contribution in [0, 0.1) is 6.92 Å². The van der Waals surface area contributed by atoms with Crippen LogP contribution in [-0.2, 0) is 11.2 Å². The standard InChI is InChI=1S/C11H13NO.C2H6/c1-8-3-4-9-5-6-11(13)12(2)10(9)7-8;1-2/h3-4,7H,5-6H2,1-2H3;1-2H3. The van der Waals surface area contributed by atoms with Crippen LogP contribution in [-0.4, -0.2) is 13.0 Å². The quantitative estimate of drug-likeness (QED) is 0.637. The van der Waals surface area contributed by atoms with Gasteiger partial charge in [0.15, 0.2) is 0 Å². The molecule has 0 unspecified atom stereocenters. The Bertz CT molecular complexity index is 358. The SMILES string of the molecule is CC.Cc1ccc2c(c1)N(C)C(=O)CC2. The predicted molar refractivity (Wildman–Crippen MR) is 64.3 cm³/mol. The maximum Gasteiger partial charge on any atom is 0.227 e. The van der Waals surface area contributed by atoms with Crippen LogP contribution >= 0.6 is 0 Å². The molecule has 0 saturated heterocycles. The summed E-state index contributed by atoms with van der Waals surface area (Å²) in [5.41, 5.74) is 3.57. The molecule has 0 aromatic heterocycles. The zero-order valence-corrected chi connectivity index (χ0v) is 10.0. The Morgan fingerprint density at radius 1 is 1.20 bits per heavy atom. The van der Waals surface area contributed by atoms with E-state index in [0.717, 1.165) is 12.1 Å². The zero-order chi connectivity index (χ0) is 11.4. The first-order valence-corrected chi connectivity index (χ1v) is 5.54. The van der Waals surface area contributed by atoms with E-state index >= 15 is 0 Å². The van der Waals surface area contributed by atoms with E-state index in [1.165, 1.54) is 11.1 Å². The third-order valence-electron chi connectivity index (χ3n) is 2.58. The molecular formula is C13H19NO. The van der Waals surface area contributed by atoms with E-state index in [0.29, 0.717) is 6.42 Å². The smallest absolute Gasteiger partial charge is 0.227 e. The number of carbonyl (C=O) groups excluding carboxylic acids is 1. The van der Waals surface area contributed by atoms with Crippen molar-refractivity contribution in [3.05, 3.63) is 29.3 Å². The number of hydrogen-bond acceptors (Lipinski definition) is 1. The van der Waals surface area contributed by atoms with Crippen molar-refractivity contribution in [2.45, 2.75) is 33.6 Å². The van der Waals surface area contributed by atoms with Gasteiger partial charge in [-0.05, 0) is 30.5 Å². The van der Waals surface area contributed by atoms with Crippen LogP contribution in [0.1, 0.15) is 31.4 Å². The number of amides is 1. The number of hydrogen-bond donors (Lipinski definition) is 0. The molecule has 0 saturated carbocycles. The molecule has 2 heteroatoms. The second-order valence-corrected chi connectivity index (χ2v) is 3.58. The summed E-state index contributed by atoms with van der Waals surface area (Å²) in [4.78, 5) is 13.1. The number of aryl methyl sites for hydroxylation is 2. The van der Waals surface area contributed by atoms with Crippen LogP contribution in [0.15, 0.2) is 18.2 Å². The van der Waals surface area contributed by atoms with Gasteiger partial charge < -0.3 is 4.90 Å². The second-order valence-electron chi connectivity index (χ2n) is 3.58. The van der Waals surface area contributed by atoms with Crippen molar-refractivity contribution in [1.29, 1.82) is 0 Å². The highest BCUT2D eigenvalue weighted by Gasteiger charge is 2.19. The highest BCUT2D eigenvalue weighted by molar-refractivity contribution is 5.95. The molecule has 0 N–H and O–H groups in total. The zero-order valence-electron chi connectivity index (χ0n) is 10.0. The maximum atomic E-state index is 11.4. The molecule has 0 aliphatic carbocycles. The van der Waals surface area contributed by atoms with Gasteiger partial charge in [-0.3, -0.25) is 4.79 Å². The molecule has 1 heterocycles. The van der Waals surface area contributed by atoms with Crippen LogP contribution in [0.2, 0.25) is 0 Å². The number of benzene rings is 1. The first kappa shape index (κ1) is 11.8. The second kappa shape index (κ2) is 4.96. The highest BCUT2D eigenvalue weighted by atomic mass is 16.2. The molecule has 0 atom stereocenters. The molecule has 2 nitrogen and oxygen atoms in total. The van der Waals surface area contributed by atoms with E-state index in [2.05, 4.69) is 18.2 Å². The Kier molecular flexibility index (Phi) is 3.89. The average molecular weight is 205 g/mol. The van der Waals surface area contributed by atoms with Crippen LogP contribution in [0.25, 0.3) is 0 Å². The maximum absolute atomic E-state index is 11.4. The molecule has 1 aromatic carbocycles. The highest BCUT2D eigenvalue weighted by Crippen LogP contribution is 2.27. The molecule has 1 amide bonds. The first-order chi connectivity index (χ1) is 7.18. The van der Waals surface area contributed by atoms with Gasteiger partial charge in [-0.15, -0.1) is 0 Å². The molecule has 1 aliphatic rings. The number of carbonyl (C=O) groups is 1. The van der Waals surface area contributed by atoms with Gasteiger partial charge in [-0.25, -0.2) is 0 Å². The molecule has 2 rings (SSSR count). The van der Waals surface area contributed by atoms with E-state index in [-0.39, 0.29) is 5.91 Å². The summed E-state index contributed by atoms with van der Waals surface area (Å²) in [6.45, 7) is 6.05. The van der Waals surface area contributed by atoms with Crippen molar-refractivity contribution in [3.63, 3.8) is 0 Å². The minimum Gasteiger partial charge on any atom is -0.315 e. The van der Waals surface area contributed by atoms with Gasteiger partial charge >= 0.3 is 0 Å². The van der Waals surface area contributed by atoms with Crippen LogP contribution in [0.5, 0.6) is 0 Å². The summed E-state index contributed by atoms with van der Waals surface area (Å²) >= 11 is 0. The molecule has 0 fully saturated rings. The fraction of sp³-hybridized carbons (Fsp3) is 0.462. The minimum atomic E-state index is 0.220. The first-order valence-electron chi connectivity index (χ1n) is 5.54. The van der Waals surface area contributed by atoms with E-state index in [4.69, 9.17) is 0 Å². The largest absolute Gasteiger partial charge is 0.315 e. The summed E-state index contributed by atoms with van der Waals surface area (Å²) in [5.74, 6) is 0.220. The van der Waals surface area contributed by atoms with Gasteiger partial charge in [0, 0.05) is 19.2 Å². The van der Waals surface area contributed by atoms with Crippen LogP contribution in [0.3, 0.4) is 0 Å². The Hall–Kier alpha value is -1.31. The summed E-state index contributed by atoms with van der Waals surface area (Å²) in [7, 11) is 1.85. The summed E-state index contributed by atoms with van der Waals surface area (Å²) in [6, 6.07) is 6.29. The lowest BCUT2D eigenvalue weighted by atomic mass is 10.00. The lowest BCUT2D eigenvalue weighted by Gasteiger charge is -2.25. The molecular weight excluding hydrogens is 186 g/mol. The van der Waals surface area contributed by atoms with E-state index < -0.39 is 0 Å². The van der Waals surface area contributed by atoms with Gasteiger partial charge in [0.05, 0.1) is 0 Å². The van der Waals surface area contributed by atoms with Crippen molar-refractivity contribution in [2.75, 3.05) is 11.9 Å². The topological polar surface area (TPSA) is 20.3 Å². The van der Waals surface area contributed by atoms with E-state index in [9.17, 15) is 4.79 Å². The number of fused-ring (bicyclic) bond motifs is 1. The Morgan fingerprint density at radius 2 is 1.87 bits per heavy atom. The summed E-state index contributed by atoms with van der Waals surface area (Å²) < 4.78 is 0. The van der Waals surface area contributed by atoms with Crippen LogP contribution < -0.4 is 4.90 Å². The molecule has 0 bridgehead atoms. The van der Waals surface area contributed by atoms with Gasteiger partial charge in [0.1, 0.15) is 0 Å². The van der Waals surface area contributed by atoms with E-state index in [1.807, 2.05) is 27.8 Å². The number of anilines is 1. The average Bonchev–Trinajstić information content (AvgIpc) is 2.27. The fourth-order valence-corrected chi connectivity index (χ4v) is 1.74. The van der Waals surface area contributed by atoms with Crippen molar-refractivity contribution >= 4 is 11.6 Å². The molecule has 15 heavy (non-hydrogen) atoms. The van der Waals surface area contributed by atoms with Gasteiger partial charge in [0.2, 0.25) is 5.91 Å². The summed E-state index contributed by atoms with van der Waals surface area (Å²) in [6.07, 6.45) is 1.53. The van der Waals surface area contributed by atoms with Crippen molar-refractivity contribution in [3.8, 4) is 0 Å².